The van der Waals surface area contributed by atoms with E-state index >= 15 is 0 Å². The van der Waals surface area contributed by atoms with Crippen molar-refractivity contribution < 1.29 is 0 Å². The first-order valence-electron chi connectivity index (χ1n) is 44.1. The predicted octanol–water partition coefficient (Wildman–Crippen LogP) is 21.3. The maximum Gasteiger partial charge on any atom is 0.167 e. The zero-order chi connectivity index (χ0) is 88.9. The van der Waals surface area contributed by atoms with E-state index in [1.54, 1.807) is 50.6 Å². The van der Waals surface area contributed by atoms with Gasteiger partial charge >= 0.3 is 0 Å². The highest BCUT2D eigenvalue weighted by molar-refractivity contribution is 6.30. The van der Waals surface area contributed by atoms with Gasteiger partial charge < -0.3 is 9.97 Å². The fraction of sp³-hybridized carbons (Fsp3) is 0. The van der Waals surface area contributed by atoms with E-state index in [9.17, 15) is 0 Å². The monoisotopic (exact) mass is 1760 g/mol. The molecule has 642 valence electrons. The third-order valence-electron chi connectivity index (χ3n) is 26.0. The molecule has 2 aliphatic heterocycles. The first-order valence-corrected chi connectivity index (χ1v) is 44.1. The summed E-state index contributed by atoms with van der Waals surface area (Å²) < 4.78 is 15.5. The number of nitrogens with zero attached hydrogens (tertiary/aromatic N) is 22. The van der Waals surface area contributed by atoms with Crippen molar-refractivity contribution in [2.24, 2.45) is 0 Å². The molecule has 8 bridgehead atoms. The summed E-state index contributed by atoms with van der Waals surface area (Å²) in [7, 11) is 0. The number of nitrogens with one attached hydrogen (secondary N) is 10. The highest BCUT2D eigenvalue weighted by Gasteiger charge is 2.36. The van der Waals surface area contributed by atoms with Gasteiger partial charge in [-0.3, -0.25) is 43.4 Å². The molecule has 32 heteroatoms. The molecule has 13 heterocycles. The molecule has 11 aromatic heterocycles. The Hall–Kier alpha value is -19.9. The molecule has 16 aromatic carbocycles. The molecule has 0 unspecified atom stereocenters. The maximum atomic E-state index is 6.24. The molecule has 0 radical (unpaired) electrons. The lowest BCUT2D eigenvalue weighted by molar-refractivity contribution is 0.987. The quantitative estimate of drug-likeness (QED) is 0.0402. The van der Waals surface area contributed by atoms with E-state index in [0.29, 0.717) is 112 Å². The highest BCUT2D eigenvalue weighted by atomic mass is 15.5. The molecule has 0 atom stereocenters. The first kappa shape index (κ1) is 74.1. The Morgan fingerprint density at radius 3 is 0.485 bits per heavy atom. The molecule has 2 aliphatic rings. The molecule has 0 saturated heterocycles. The van der Waals surface area contributed by atoms with E-state index in [1.165, 1.54) is 0 Å². The maximum absolute atomic E-state index is 6.24. The fourth-order valence-electron chi connectivity index (χ4n) is 19.9. The molecular formula is C104H66N32. The number of hydrogen-bond donors (Lipinski definition) is 10. The third-order valence-corrected chi connectivity index (χ3v) is 26.0. The van der Waals surface area contributed by atoms with Crippen LogP contribution >= 0.6 is 0 Å². The zero-order valence-corrected chi connectivity index (χ0v) is 71.2. The van der Waals surface area contributed by atoms with Gasteiger partial charge in [0.2, 0.25) is 0 Å². The molecule has 0 saturated carbocycles. The number of rotatable bonds is 16. The van der Waals surface area contributed by atoms with Crippen molar-refractivity contribution in [1.29, 1.82) is 0 Å². The van der Waals surface area contributed by atoms with Crippen LogP contribution in [0.25, 0.3) is 221 Å². The molecule has 136 heavy (non-hydrogen) atoms. The van der Waals surface area contributed by atoms with E-state index in [4.69, 9.17) is 69.8 Å². The van der Waals surface area contributed by atoms with Gasteiger partial charge in [-0.15, -0.1) is 0 Å². The molecule has 27 aromatic rings. The zero-order valence-electron chi connectivity index (χ0n) is 71.2. The van der Waals surface area contributed by atoms with Crippen LogP contribution < -0.4 is 43.4 Å². The summed E-state index contributed by atoms with van der Waals surface area (Å²) in [5.74, 6) is 0.908. The van der Waals surface area contributed by atoms with Gasteiger partial charge in [-0.2, -0.15) is 0 Å². The second-order valence-electron chi connectivity index (χ2n) is 33.5. The average molecular weight is 1760 g/mol. The largest absolute Gasteiger partial charge is 0.324 e. The summed E-state index contributed by atoms with van der Waals surface area (Å²) in [5.41, 5.74) is 52.9. The minimum Gasteiger partial charge on any atom is -0.324 e. The Morgan fingerprint density at radius 1 is 0.162 bits per heavy atom. The Balaban J connectivity index is 0.850. The summed E-state index contributed by atoms with van der Waals surface area (Å²) in [6.45, 7) is 0. The Labute approximate surface area is 764 Å². The Kier molecular flexibility index (Phi) is 15.7. The van der Waals surface area contributed by atoms with Crippen LogP contribution in [0.2, 0.25) is 0 Å². The van der Waals surface area contributed by atoms with Crippen molar-refractivity contribution in [2.45, 2.75) is 0 Å². The third kappa shape index (κ3) is 11.3. The first-order chi connectivity index (χ1) is 67.4. The number of imidazole rings is 8. The lowest BCUT2D eigenvalue weighted by atomic mass is 9.96. The number of aromatic nitrogens is 24. The highest BCUT2D eigenvalue weighted by Crippen LogP contribution is 2.55. The predicted molar refractivity (Wildman–Crippen MR) is 536 cm³/mol. The van der Waals surface area contributed by atoms with Gasteiger partial charge in [-0.05, 0) is 97.1 Å². The second kappa shape index (κ2) is 28.8. The summed E-state index contributed by atoms with van der Waals surface area (Å²) >= 11 is 0. The molecule has 10 N–H and O–H groups in total. The smallest absolute Gasteiger partial charge is 0.167 e. The van der Waals surface area contributed by atoms with Crippen LogP contribution in [0.5, 0.6) is 0 Å². The normalized spacial score (nSPS) is 12.1. The van der Waals surface area contributed by atoms with Crippen molar-refractivity contribution in [3.05, 3.63) is 342 Å². The molecule has 0 aliphatic carbocycles. The molecule has 0 amide bonds. The summed E-state index contributed by atoms with van der Waals surface area (Å²) in [4.78, 5) is 85.2. The van der Waals surface area contributed by atoms with Gasteiger partial charge in [0.15, 0.2) is 23.3 Å². The van der Waals surface area contributed by atoms with Crippen molar-refractivity contribution in [2.75, 3.05) is 43.4 Å². The van der Waals surface area contributed by atoms with E-state index in [1.807, 2.05) is 280 Å². The molecule has 29 rings (SSSR count). The molecule has 0 fully saturated rings. The Bertz CT molecular complexity index is 8870. The molecular weight excluding hydrogens is 1700 g/mol. The number of hydrogen-bond acceptors (Lipinski definition) is 22. The number of anilines is 8. The standard InChI is InChI=1S/C104H66N32/c1-2-26-58-57(25-1)89(121-129-49-105-65-33-9-17-41-73(65)129)81-82(90(58)122-130-50-106-66-34-10-18-42-74(66)130)98-113-97(81)117-99-83-84(92(124-132-52-108-68-36-12-20-44-76(68)132)60-28-4-3-27-59(60)91(83)123-131-51-107-67-35-11-19-43-75(67)131)101(114-99)119-103-87-88(96(128-136-56-112-72-40-16-24-48-80(72)136)64-32-8-7-31-63(64)95(87)127-135-55-111-71-39-15-23-47-79(71)135)104(116-103)120-102-86-85(100(115-102)118-98)93(125-133-53-109-69-37-13-21-45-77(69)133)61-29-5-6-30-62(61)94(86)126-134-54-110-70-38-14-22-46-78(70)134/h1-56,121-128H,(H2,113,114,115,116,117,118,119,120). The van der Waals surface area contributed by atoms with Crippen molar-refractivity contribution in [1.82, 2.24) is 117 Å². The average Bonchev–Trinajstić information content (AvgIpc) is 1.54. The number of para-hydroxylation sites is 16. The summed E-state index contributed by atoms with van der Waals surface area (Å²) in [6, 6.07) is 97.5. The second-order valence-corrected chi connectivity index (χ2v) is 33.5. The van der Waals surface area contributed by atoms with Gasteiger partial charge in [0.05, 0.1) is 178 Å². The SMILES string of the molecule is c1ccc2c(c1)ncn2Nc1c2c(c(Nn3cnc4ccccc43)c3ccccc13)-c1nc-2nc2[nH]c(nc3nc(nc4[nH]c(n1)c1c(Nn5cnc6ccccc65)c5ccccc5c(Nn5cnc6ccccc65)c41)-c1c-3c(Nn3cnc4ccccc43)c3ccccc3c1Nn1cnc3ccccc31)c1c(Nn3cnc4ccccc43)c3ccccc3c(Nn3cnc4ccccc43)c21. The van der Waals surface area contributed by atoms with Crippen molar-refractivity contribution in [3.8, 4) is 45.6 Å². The minimum atomic E-state index is 0.227. The summed E-state index contributed by atoms with van der Waals surface area (Å²) in [5, 5.41) is 8.59. The van der Waals surface area contributed by atoms with Crippen LogP contribution in [0.4, 0.5) is 45.5 Å². The van der Waals surface area contributed by atoms with Crippen LogP contribution in [0, 0.1) is 0 Å². The van der Waals surface area contributed by atoms with Crippen molar-refractivity contribution in [3.63, 3.8) is 0 Å². The van der Waals surface area contributed by atoms with E-state index in [-0.39, 0.29) is 23.3 Å². The molecule has 32 nitrogen and oxygen atoms in total. The van der Waals surface area contributed by atoms with Crippen LogP contribution in [0.1, 0.15) is 0 Å². The van der Waals surface area contributed by atoms with Crippen LogP contribution in [-0.2, 0) is 0 Å². The van der Waals surface area contributed by atoms with E-state index in [2.05, 4.69) is 102 Å². The van der Waals surface area contributed by atoms with Gasteiger partial charge in [0.25, 0.3) is 0 Å². The lowest BCUT2D eigenvalue weighted by Gasteiger charge is -2.21. The fourth-order valence-corrected chi connectivity index (χ4v) is 19.9. The van der Waals surface area contributed by atoms with Gasteiger partial charge in [-0.1, -0.05) is 194 Å². The van der Waals surface area contributed by atoms with Gasteiger partial charge in [-0.25, -0.2) is 107 Å². The van der Waals surface area contributed by atoms with E-state index < -0.39 is 0 Å². The van der Waals surface area contributed by atoms with Gasteiger partial charge in [0.1, 0.15) is 73.2 Å². The van der Waals surface area contributed by atoms with Crippen molar-refractivity contribution >= 4 is 221 Å². The minimum absolute atomic E-state index is 0.227. The summed E-state index contributed by atoms with van der Waals surface area (Å²) in [6.07, 6.45) is 14.4. The van der Waals surface area contributed by atoms with Crippen LogP contribution in [0.15, 0.2) is 342 Å². The van der Waals surface area contributed by atoms with Gasteiger partial charge in [0, 0.05) is 43.1 Å². The number of benzene rings is 16. The number of H-pyrrole nitrogens is 2. The Morgan fingerprint density at radius 2 is 0.309 bits per heavy atom. The number of aromatic amines is 2. The van der Waals surface area contributed by atoms with Crippen LogP contribution in [-0.4, -0.2) is 117 Å². The topological polar surface area (TPSA) is 348 Å². The van der Waals surface area contributed by atoms with Crippen LogP contribution in [0.3, 0.4) is 0 Å². The lowest BCUT2D eigenvalue weighted by Crippen LogP contribution is -2.13. The number of fused-ring (bicyclic) bond motifs is 32. The van der Waals surface area contributed by atoms with E-state index in [0.717, 1.165) is 131 Å². The molecule has 0 spiro atoms.